The number of ether oxygens (including phenoxy) is 1. The van der Waals surface area contributed by atoms with E-state index >= 15 is 0 Å². The first-order valence-corrected chi connectivity index (χ1v) is 7.55. The standard InChI is InChI=1S/C19H18N2O2/c1-12-13(2)21-18-11-16(9-10-17(18)20-12)19(22)23-14(3)15-7-5-4-6-8-15/h4-11,14H,1-3H3. The van der Waals surface area contributed by atoms with Gasteiger partial charge in [0.1, 0.15) is 6.10 Å². The monoisotopic (exact) mass is 306 g/mol. The molecule has 1 heterocycles. The van der Waals surface area contributed by atoms with Crippen LogP contribution in [0.1, 0.15) is 40.3 Å². The van der Waals surface area contributed by atoms with Crippen molar-refractivity contribution >= 4 is 17.0 Å². The fourth-order valence-corrected chi connectivity index (χ4v) is 2.38. The number of aryl methyl sites for hydroxylation is 2. The van der Waals surface area contributed by atoms with E-state index in [0.29, 0.717) is 11.1 Å². The summed E-state index contributed by atoms with van der Waals surface area (Å²) in [4.78, 5) is 21.3. The molecular weight excluding hydrogens is 288 g/mol. The maximum absolute atomic E-state index is 12.4. The molecule has 0 bridgehead atoms. The Morgan fingerprint density at radius 2 is 1.61 bits per heavy atom. The van der Waals surface area contributed by atoms with Crippen LogP contribution in [0.3, 0.4) is 0 Å². The van der Waals surface area contributed by atoms with Gasteiger partial charge in [0.15, 0.2) is 0 Å². The SMILES string of the molecule is Cc1nc2ccc(C(=O)OC(C)c3ccccc3)cc2nc1C. The zero-order valence-corrected chi connectivity index (χ0v) is 13.4. The van der Waals surface area contributed by atoms with Gasteiger partial charge in [-0.3, -0.25) is 0 Å². The fourth-order valence-electron chi connectivity index (χ4n) is 2.38. The Hall–Kier alpha value is -2.75. The molecule has 0 fully saturated rings. The summed E-state index contributed by atoms with van der Waals surface area (Å²) < 4.78 is 5.54. The van der Waals surface area contributed by atoms with Gasteiger partial charge >= 0.3 is 5.97 Å². The van der Waals surface area contributed by atoms with Gasteiger partial charge in [0.05, 0.1) is 28.0 Å². The molecule has 23 heavy (non-hydrogen) atoms. The summed E-state index contributed by atoms with van der Waals surface area (Å²) in [5.41, 5.74) is 4.69. The first-order valence-electron chi connectivity index (χ1n) is 7.55. The number of rotatable bonds is 3. The van der Waals surface area contributed by atoms with Crippen LogP contribution < -0.4 is 0 Å². The number of fused-ring (bicyclic) bond motifs is 1. The predicted octanol–water partition coefficient (Wildman–Crippen LogP) is 4.16. The molecule has 4 heteroatoms. The second-order valence-electron chi connectivity index (χ2n) is 5.56. The molecule has 0 saturated heterocycles. The molecule has 1 unspecified atom stereocenters. The molecule has 1 atom stereocenters. The summed E-state index contributed by atoms with van der Waals surface area (Å²) in [5.74, 6) is -0.358. The van der Waals surface area contributed by atoms with Crippen LogP contribution in [-0.2, 0) is 4.74 Å². The van der Waals surface area contributed by atoms with Crippen molar-refractivity contribution in [2.75, 3.05) is 0 Å². The number of nitrogens with zero attached hydrogens (tertiary/aromatic N) is 2. The van der Waals surface area contributed by atoms with Crippen LogP contribution in [0.15, 0.2) is 48.5 Å². The van der Waals surface area contributed by atoms with Crippen molar-refractivity contribution in [3.05, 3.63) is 71.0 Å². The quantitative estimate of drug-likeness (QED) is 0.682. The summed E-state index contributed by atoms with van der Waals surface area (Å²) >= 11 is 0. The van der Waals surface area contributed by atoms with Gasteiger partial charge in [-0.05, 0) is 44.5 Å². The van der Waals surface area contributed by atoms with Gasteiger partial charge in [-0.25, -0.2) is 14.8 Å². The first kappa shape index (κ1) is 15.2. The van der Waals surface area contributed by atoms with Crippen molar-refractivity contribution in [1.82, 2.24) is 9.97 Å². The average molecular weight is 306 g/mol. The minimum atomic E-state index is -0.358. The lowest BCUT2D eigenvalue weighted by molar-refractivity contribution is 0.0338. The average Bonchev–Trinajstić information content (AvgIpc) is 2.56. The van der Waals surface area contributed by atoms with E-state index in [-0.39, 0.29) is 12.1 Å². The Labute approximate surface area is 135 Å². The first-order chi connectivity index (χ1) is 11.0. The highest BCUT2D eigenvalue weighted by Gasteiger charge is 2.14. The molecule has 0 spiro atoms. The van der Waals surface area contributed by atoms with Crippen LogP contribution in [-0.4, -0.2) is 15.9 Å². The lowest BCUT2D eigenvalue weighted by atomic mass is 10.1. The van der Waals surface area contributed by atoms with Crippen LogP contribution in [0.25, 0.3) is 11.0 Å². The van der Waals surface area contributed by atoms with Gasteiger partial charge in [0, 0.05) is 0 Å². The van der Waals surface area contributed by atoms with Gasteiger partial charge in [0.2, 0.25) is 0 Å². The zero-order chi connectivity index (χ0) is 16.4. The van der Waals surface area contributed by atoms with Gasteiger partial charge in [-0.15, -0.1) is 0 Å². The number of esters is 1. The Bertz CT molecular complexity index is 860. The Morgan fingerprint density at radius 1 is 0.957 bits per heavy atom. The van der Waals surface area contributed by atoms with Crippen LogP contribution in [0.4, 0.5) is 0 Å². The predicted molar refractivity (Wildman–Crippen MR) is 89.3 cm³/mol. The lowest BCUT2D eigenvalue weighted by Gasteiger charge is -2.13. The molecule has 2 aromatic carbocycles. The van der Waals surface area contributed by atoms with Crippen LogP contribution >= 0.6 is 0 Å². The molecule has 0 aliphatic carbocycles. The number of benzene rings is 2. The van der Waals surface area contributed by atoms with E-state index in [4.69, 9.17) is 4.74 Å². The van der Waals surface area contributed by atoms with Gasteiger partial charge in [0.25, 0.3) is 0 Å². The smallest absolute Gasteiger partial charge is 0.338 e. The van der Waals surface area contributed by atoms with Crippen molar-refractivity contribution in [2.24, 2.45) is 0 Å². The van der Waals surface area contributed by atoms with Crippen molar-refractivity contribution in [1.29, 1.82) is 0 Å². The van der Waals surface area contributed by atoms with Gasteiger partial charge in [-0.2, -0.15) is 0 Å². The summed E-state index contributed by atoms with van der Waals surface area (Å²) in [6.07, 6.45) is -0.301. The van der Waals surface area contributed by atoms with Crippen molar-refractivity contribution in [3.63, 3.8) is 0 Å². The third kappa shape index (κ3) is 3.21. The summed E-state index contributed by atoms with van der Waals surface area (Å²) in [6.45, 7) is 5.69. The van der Waals surface area contributed by atoms with E-state index in [0.717, 1.165) is 22.5 Å². The molecule has 0 saturated carbocycles. The largest absolute Gasteiger partial charge is 0.454 e. The van der Waals surface area contributed by atoms with Crippen LogP contribution in [0.2, 0.25) is 0 Å². The van der Waals surface area contributed by atoms with Crippen molar-refractivity contribution in [3.8, 4) is 0 Å². The highest BCUT2D eigenvalue weighted by Crippen LogP contribution is 2.20. The fraction of sp³-hybridized carbons (Fsp3) is 0.211. The van der Waals surface area contributed by atoms with Crippen LogP contribution in [0, 0.1) is 13.8 Å². The summed E-state index contributed by atoms with van der Waals surface area (Å²) in [6, 6.07) is 14.9. The van der Waals surface area contributed by atoms with Gasteiger partial charge < -0.3 is 4.74 Å². The molecule has 0 N–H and O–H groups in total. The number of hydrogen-bond donors (Lipinski definition) is 0. The molecule has 0 aliphatic rings. The molecule has 0 amide bonds. The third-order valence-corrected chi connectivity index (χ3v) is 3.86. The second-order valence-corrected chi connectivity index (χ2v) is 5.56. The number of hydrogen-bond acceptors (Lipinski definition) is 4. The van der Waals surface area contributed by atoms with Crippen LogP contribution in [0.5, 0.6) is 0 Å². The van der Waals surface area contributed by atoms with Gasteiger partial charge in [-0.1, -0.05) is 30.3 Å². The van der Waals surface area contributed by atoms with E-state index < -0.39 is 0 Å². The Balaban J connectivity index is 1.85. The summed E-state index contributed by atoms with van der Waals surface area (Å²) in [7, 11) is 0. The molecule has 1 aromatic heterocycles. The number of aromatic nitrogens is 2. The van der Waals surface area contributed by atoms with E-state index in [9.17, 15) is 4.79 Å². The Morgan fingerprint density at radius 3 is 2.30 bits per heavy atom. The second kappa shape index (κ2) is 6.16. The molecule has 0 radical (unpaired) electrons. The molecule has 3 rings (SSSR count). The maximum Gasteiger partial charge on any atom is 0.338 e. The molecule has 0 aliphatic heterocycles. The Kier molecular flexibility index (Phi) is 4.06. The summed E-state index contributed by atoms with van der Waals surface area (Å²) in [5, 5.41) is 0. The van der Waals surface area contributed by atoms with E-state index in [1.54, 1.807) is 18.2 Å². The minimum Gasteiger partial charge on any atom is -0.454 e. The molecule has 3 aromatic rings. The van der Waals surface area contributed by atoms with Crippen molar-refractivity contribution < 1.29 is 9.53 Å². The zero-order valence-electron chi connectivity index (χ0n) is 13.4. The maximum atomic E-state index is 12.4. The highest BCUT2D eigenvalue weighted by molar-refractivity contribution is 5.93. The van der Waals surface area contributed by atoms with E-state index in [2.05, 4.69) is 9.97 Å². The normalized spacial score (nSPS) is 12.1. The third-order valence-electron chi connectivity index (χ3n) is 3.86. The molecule has 116 valence electrons. The van der Waals surface area contributed by atoms with Crippen molar-refractivity contribution in [2.45, 2.75) is 26.9 Å². The lowest BCUT2D eigenvalue weighted by Crippen LogP contribution is -2.09. The number of carbonyl (C=O) groups is 1. The molecular formula is C19H18N2O2. The highest BCUT2D eigenvalue weighted by atomic mass is 16.5. The minimum absolute atomic E-state index is 0.301. The molecule has 4 nitrogen and oxygen atoms in total. The van der Waals surface area contributed by atoms with E-state index in [1.165, 1.54) is 0 Å². The topological polar surface area (TPSA) is 52.1 Å². The van der Waals surface area contributed by atoms with E-state index in [1.807, 2.05) is 51.1 Å². The number of carbonyl (C=O) groups excluding carboxylic acids is 1.